The van der Waals surface area contributed by atoms with Crippen molar-refractivity contribution in [3.63, 3.8) is 0 Å². The third kappa shape index (κ3) is 3.42. The molecule has 0 bridgehead atoms. The number of hydrogen-bond acceptors (Lipinski definition) is 1. The van der Waals surface area contributed by atoms with Gasteiger partial charge in [-0.1, -0.05) is 18.6 Å². The molecule has 0 aliphatic carbocycles. The zero-order chi connectivity index (χ0) is 12.1. The van der Waals surface area contributed by atoms with Crippen LogP contribution in [0.1, 0.15) is 32.4 Å². The summed E-state index contributed by atoms with van der Waals surface area (Å²) in [6, 6.07) is 3.26. The minimum absolute atomic E-state index is 0.273. The topological polar surface area (TPSA) is 12.0 Å². The molecule has 0 aliphatic heterocycles. The van der Waals surface area contributed by atoms with Crippen LogP contribution < -0.4 is 5.32 Å². The Morgan fingerprint density at radius 1 is 1.38 bits per heavy atom. The maximum Gasteiger partial charge on any atom is 0.128 e. The van der Waals surface area contributed by atoms with Crippen LogP contribution in [-0.4, -0.2) is 6.54 Å². The van der Waals surface area contributed by atoms with E-state index in [1.165, 1.54) is 6.07 Å². The minimum atomic E-state index is -0.415. The second-order valence-electron chi connectivity index (χ2n) is 3.95. The van der Waals surface area contributed by atoms with Crippen LogP contribution in [0.25, 0.3) is 0 Å². The number of benzene rings is 1. The van der Waals surface area contributed by atoms with Crippen molar-refractivity contribution in [2.45, 2.75) is 26.8 Å². The predicted octanol–water partition coefficient (Wildman–Crippen LogP) is 3.58. The number of halogens is 2. The fraction of sp³-hybridized carbons (Fsp3) is 0.385. The van der Waals surface area contributed by atoms with E-state index in [2.05, 4.69) is 5.32 Å². The fourth-order valence-corrected chi connectivity index (χ4v) is 1.56. The first kappa shape index (κ1) is 12.8. The Labute approximate surface area is 95.2 Å². The molecule has 1 unspecified atom stereocenters. The van der Waals surface area contributed by atoms with E-state index in [1.807, 2.05) is 26.8 Å². The maximum absolute atomic E-state index is 13.6. The molecule has 0 aromatic heterocycles. The van der Waals surface area contributed by atoms with Gasteiger partial charge >= 0.3 is 0 Å². The van der Waals surface area contributed by atoms with Gasteiger partial charge in [-0.15, -0.1) is 0 Å². The second kappa shape index (κ2) is 5.75. The van der Waals surface area contributed by atoms with Crippen LogP contribution in [0.2, 0.25) is 0 Å². The Balaban J connectivity index is 3.09. The van der Waals surface area contributed by atoms with E-state index in [9.17, 15) is 8.78 Å². The molecule has 3 heteroatoms. The average Bonchev–Trinajstić information content (AvgIpc) is 2.20. The van der Waals surface area contributed by atoms with Crippen molar-refractivity contribution in [3.8, 4) is 0 Å². The van der Waals surface area contributed by atoms with Gasteiger partial charge in [0.25, 0.3) is 0 Å². The predicted molar refractivity (Wildman–Crippen MR) is 62.2 cm³/mol. The van der Waals surface area contributed by atoms with Crippen molar-refractivity contribution in [2.24, 2.45) is 0 Å². The monoisotopic (exact) mass is 225 g/mol. The molecular weight excluding hydrogens is 208 g/mol. The molecule has 1 aromatic rings. The van der Waals surface area contributed by atoms with Crippen LogP contribution in [0.3, 0.4) is 0 Å². The van der Waals surface area contributed by atoms with Gasteiger partial charge in [0.1, 0.15) is 11.6 Å². The van der Waals surface area contributed by atoms with Crippen molar-refractivity contribution in [1.29, 1.82) is 0 Å². The van der Waals surface area contributed by atoms with Crippen LogP contribution in [0.4, 0.5) is 8.78 Å². The van der Waals surface area contributed by atoms with E-state index < -0.39 is 5.82 Å². The van der Waals surface area contributed by atoms with E-state index >= 15 is 0 Å². The van der Waals surface area contributed by atoms with Gasteiger partial charge in [0.05, 0.1) is 6.04 Å². The highest BCUT2D eigenvalue weighted by molar-refractivity contribution is 5.26. The Kier molecular flexibility index (Phi) is 4.62. The third-order valence-electron chi connectivity index (χ3n) is 2.22. The van der Waals surface area contributed by atoms with Crippen LogP contribution >= 0.6 is 0 Å². The molecule has 0 saturated carbocycles. The van der Waals surface area contributed by atoms with Crippen molar-refractivity contribution >= 4 is 0 Å². The quantitative estimate of drug-likeness (QED) is 0.772. The van der Waals surface area contributed by atoms with Crippen LogP contribution in [0, 0.1) is 11.6 Å². The Bertz CT molecular complexity index is 382. The lowest BCUT2D eigenvalue weighted by Gasteiger charge is -2.16. The summed E-state index contributed by atoms with van der Waals surface area (Å²) < 4.78 is 26.6. The van der Waals surface area contributed by atoms with Gasteiger partial charge in [-0.2, -0.15) is 0 Å². The SMILES string of the molecule is CCNC(C=C(C)C)c1cc(F)ccc1F. The number of nitrogens with one attached hydrogen (secondary N) is 1. The summed E-state index contributed by atoms with van der Waals surface area (Å²) >= 11 is 0. The molecule has 1 rings (SSSR count). The molecule has 1 aromatic carbocycles. The Morgan fingerprint density at radius 2 is 2.06 bits per heavy atom. The molecule has 0 aliphatic rings. The molecule has 0 saturated heterocycles. The first-order chi connectivity index (χ1) is 7.54. The van der Waals surface area contributed by atoms with Crippen LogP contribution in [0.5, 0.6) is 0 Å². The highest BCUT2D eigenvalue weighted by atomic mass is 19.1. The van der Waals surface area contributed by atoms with Gasteiger partial charge in [0.15, 0.2) is 0 Å². The molecule has 1 nitrogen and oxygen atoms in total. The van der Waals surface area contributed by atoms with Crippen molar-refractivity contribution in [3.05, 3.63) is 47.0 Å². The minimum Gasteiger partial charge on any atom is -0.307 e. The van der Waals surface area contributed by atoms with Gasteiger partial charge < -0.3 is 5.32 Å². The molecule has 0 heterocycles. The van der Waals surface area contributed by atoms with Crippen LogP contribution in [0.15, 0.2) is 29.8 Å². The van der Waals surface area contributed by atoms with Crippen molar-refractivity contribution in [2.75, 3.05) is 6.54 Å². The molecule has 1 atom stereocenters. The Hall–Kier alpha value is -1.22. The second-order valence-corrected chi connectivity index (χ2v) is 3.95. The smallest absolute Gasteiger partial charge is 0.128 e. The van der Waals surface area contributed by atoms with E-state index in [-0.39, 0.29) is 11.9 Å². The van der Waals surface area contributed by atoms with Crippen molar-refractivity contribution in [1.82, 2.24) is 5.32 Å². The van der Waals surface area contributed by atoms with E-state index in [1.54, 1.807) is 0 Å². The number of allylic oxidation sites excluding steroid dienone is 1. The van der Waals surface area contributed by atoms with Gasteiger partial charge in [-0.3, -0.25) is 0 Å². The summed E-state index contributed by atoms with van der Waals surface area (Å²) in [6.07, 6.45) is 1.89. The number of likely N-dealkylation sites (N-methyl/N-ethyl adjacent to an activating group) is 1. The fourth-order valence-electron chi connectivity index (χ4n) is 1.56. The summed E-state index contributed by atoms with van der Waals surface area (Å²) in [6.45, 7) is 6.50. The molecule has 0 fully saturated rings. The Morgan fingerprint density at radius 3 is 2.62 bits per heavy atom. The van der Waals surface area contributed by atoms with Crippen LogP contribution in [-0.2, 0) is 0 Å². The van der Waals surface area contributed by atoms with Gasteiger partial charge in [-0.05, 0) is 38.6 Å². The largest absolute Gasteiger partial charge is 0.307 e. The lowest BCUT2D eigenvalue weighted by atomic mass is 10.0. The summed E-state index contributed by atoms with van der Waals surface area (Å²) in [5.41, 5.74) is 1.41. The molecule has 1 N–H and O–H groups in total. The maximum atomic E-state index is 13.6. The standard InChI is InChI=1S/C13H17F2N/c1-4-16-13(7-9(2)3)11-8-10(14)5-6-12(11)15/h5-8,13,16H,4H2,1-3H3. The van der Waals surface area contributed by atoms with E-state index in [4.69, 9.17) is 0 Å². The lowest BCUT2D eigenvalue weighted by Crippen LogP contribution is -2.20. The molecule has 0 amide bonds. The van der Waals surface area contributed by atoms with Gasteiger partial charge in [-0.25, -0.2) is 8.78 Å². The molecule has 0 radical (unpaired) electrons. The zero-order valence-electron chi connectivity index (χ0n) is 9.85. The highest BCUT2D eigenvalue weighted by Gasteiger charge is 2.13. The first-order valence-electron chi connectivity index (χ1n) is 5.38. The summed E-state index contributed by atoms with van der Waals surface area (Å²) in [7, 11) is 0. The summed E-state index contributed by atoms with van der Waals surface area (Å²) in [5.74, 6) is -0.800. The summed E-state index contributed by atoms with van der Waals surface area (Å²) in [5, 5.41) is 3.12. The van der Waals surface area contributed by atoms with E-state index in [0.29, 0.717) is 12.1 Å². The third-order valence-corrected chi connectivity index (χ3v) is 2.22. The molecule has 88 valence electrons. The first-order valence-corrected chi connectivity index (χ1v) is 5.38. The van der Waals surface area contributed by atoms with Gasteiger partial charge in [0.2, 0.25) is 0 Å². The molecule has 0 spiro atoms. The lowest BCUT2D eigenvalue weighted by molar-refractivity contribution is 0.550. The zero-order valence-corrected chi connectivity index (χ0v) is 9.85. The van der Waals surface area contributed by atoms with Crippen molar-refractivity contribution < 1.29 is 8.78 Å². The number of hydrogen-bond donors (Lipinski definition) is 1. The van der Waals surface area contributed by atoms with E-state index in [0.717, 1.165) is 17.7 Å². The van der Waals surface area contributed by atoms with Gasteiger partial charge in [0, 0.05) is 5.56 Å². The molecule has 16 heavy (non-hydrogen) atoms. The highest BCUT2D eigenvalue weighted by Crippen LogP contribution is 2.20. The number of rotatable bonds is 4. The average molecular weight is 225 g/mol. The summed E-state index contributed by atoms with van der Waals surface area (Å²) in [4.78, 5) is 0. The normalized spacial score (nSPS) is 12.3. The molecular formula is C13H17F2N.